The molecule has 0 radical (unpaired) electrons. The van der Waals surface area contributed by atoms with Crippen molar-refractivity contribution < 1.29 is 4.74 Å². The van der Waals surface area contributed by atoms with Gasteiger partial charge >= 0.3 is 0 Å². The van der Waals surface area contributed by atoms with Gasteiger partial charge in [-0.1, -0.05) is 17.4 Å². The van der Waals surface area contributed by atoms with E-state index in [0.717, 1.165) is 69.6 Å². The van der Waals surface area contributed by atoms with Crippen molar-refractivity contribution in [1.29, 1.82) is 0 Å². The number of aromatic nitrogens is 4. The fourth-order valence-electron chi connectivity index (χ4n) is 3.55. The molecular formula is C21H23N7OS. The molecule has 0 bridgehead atoms. The molecule has 9 heteroatoms. The zero-order valence-electron chi connectivity index (χ0n) is 16.7. The number of hydrogen-bond acceptors (Lipinski definition) is 8. The molecule has 154 valence electrons. The summed E-state index contributed by atoms with van der Waals surface area (Å²) in [6.45, 7) is 3.29. The number of anilines is 3. The van der Waals surface area contributed by atoms with Gasteiger partial charge in [-0.25, -0.2) is 15.0 Å². The lowest BCUT2D eigenvalue weighted by Gasteiger charge is -2.12. The molecule has 0 saturated heterocycles. The van der Waals surface area contributed by atoms with Gasteiger partial charge in [-0.15, -0.1) is 0 Å². The van der Waals surface area contributed by atoms with Gasteiger partial charge in [-0.2, -0.15) is 0 Å². The van der Waals surface area contributed by atoms with E-state index in [1.54, 1.807) is 24.8 Å². The van der Waals surface area contributed by atoms with Crippen molar-refractivity contribution in [2.75, 3.05) is 44.0 Å². The number of ether oxygens (including phenoxy) is 1. The smallest absolute Gasteiger partial charge is 0.183 e. The molecule has 0 amide bonds. The van der Waals surface area contributed by atoms with Crippen LogP contribution in [0.2, 0.25) is 0 Å². The molecule has 0 fully saturated rings. The van der Waals surface area contributed by atoms with Crippen molar-refractivity contribution in [3.8, 4) is 0 Å². The Balaban J connectivity index is 1.41. The number of thiazole rings is 1. The summed E-state index contributed by atoms with van der Waals surface area (Å²) in [5.41, 5.74) is 5.21. The van der Waals surface area contributed by atoms with Gasteiger partial charge in [0.2, 0.25) is 0 Å². The predicted molar refractivity (Wildman–Crippen MR) is 123 cm³/mol. The largest absolute Gasteiger partial charge is 0.383 e. The van der Waals surface area contributed by atoms with E-state index >= 15 is 0 Å². The maximum absolute atomic E-state index is 5.08. The first kappa shape index (κ1) is 19.0. The van der Waals surface area contributed by atoms with E-state index in [1.165, 1.54) is 5.57 Å². The van der Waals surface area contributed by atoms with Crippen LogP contribution in [-0.4, -0.2) is 53.3 Å². The van der Waals surface area contributed by atoms with Gasteiger partial charge in [0.1, 0.15) is 17.8 Å². The second kappa shape index (κ2) is 8.39. The van der Waals surface area contributed by atoms with Crippen molar-refractivity contribution >= 4 is 54.8 Å². The second-order valence-corrected chi connectivity index (χ2v) is 8.13. The molecule has 4 heterocycles. The van der Waals surface area contributed by atoms with E-state index in [0.29, 0.717) is 6.61 Å². The Morgan fingerprint density at radius 3 is 3.07 bits per heavy atom. The lowest BCUT2D eigenvalue weighted by molar-refractivity contribution is 0.211. The average Bonchev–Trinajstić information content (AvgIpc) is 3.39. The number of H-pyrrole nitrogens is 1. The highest BCUT2D eigenvalue weighted by Crippen LogP contribution is 2.31. The molecule has 5 rings (SSSR count). The van der Waals surface area contributed by atoms with Crippen LogP contribution in [0.15, 0.2) is 36.7 Å². The van der Waals surface area contributed by atoms with E-state index < -0.39 is 0 Å². The minimum atomic E-state index is 0.651. The van der Waals surface area contributed by atoms with Crippen LogP contribution in [0.25, 0.3) is 26.8 Å². The number of benzene rings is 1. The van der Waals surface area contributed by atoms with Crippen LogP contribution in [0.3, 0.4) is 0 Å². The van der Waals surface area contributed by atoms with Gasteiger partial charge in [0.05, 0.1) is 22.2 Å². The summed E-state index contributed by atoms with van der Waals surface area (Å²) in [6.07, 6.45) is 4.82. The summed E-state index contributed by atoms with van der Waals surface area (Å²) >= 11 is 1.63. The average molecular weight is 422 g/mol. The maximum Gasteiger partial charge on any atom is 0.183 e. The van der Waals surface area contributed by atoms with E-state index in [4.69, 9.17) is 4.74 Å². The summed E-state index contributed by atoms with van der Waals surface area (Å²) < 4.78 is 6.19. The summed E-state index contributed by atoms with van der Waals surface area (Å²) in [4.78, 5) is 17.0. The highest BCUT2D eigenvalue weighted by molar-refractivity contribution is 7.22. The molecule has 30 heavy (non-hydrogen) atoms. The lowest BCUT2D eigenvalue weighted by atomic mass is 10.1. The van der Waals surface area contributed by atoms with Gasteiger partial charge in [0.15, 0.2) is 5.13 Å². The van der Waals surface area contributed by atoms with Gasteiger partial charge in [-0.3, -0.25) is 0 Å². The van der Waals surface area contributed by atoms with Crippen molar-refractivity contribution in [1.82, 2.24) is 25.3 Å². The quantitative estimate of drug-likeness (QED) is 0.337. The van der Waals surface area contributed by atoms with Crippen LogP contribution < -0.4 is 16.0 Å². The number of aromatic amines is 1. The molecule has 0 atom stereocenters. The topological polar surface area (TPSA) is 99.8 Å². The van der Waals surface area contributed by atoms with Crippen LogP contribution in [-0.2, 0) is 4.74 Å². The molecule has 1 aromatic carbocycles. The van der Waals surface area contributed by atoms with Crippen molar-refractivity contribution in [3.05, 3.63) is 42.4 Å². The number of fused-ring (bicyclic) bond motifs is 2. The second-order valence-electron chi connectivity index (χ2n) is 7.10. The maximum atomic E-state index is 5.08. The number of hydrogen-bond donors (Lipinski definition) is 4. The highest BCUT2D eigenvalue weighted by Gasteiger charge is 2.13. The van der Waals surface area contributed by atoms with Crippen molar-refractivity contribution in [2.45, 2.75) is 6.42 Å². The molecule has 0 unspecified atom stereocenters. The fourth-order valence-corrected chi connectivity index (χ4v) is 4.49. The summed E-state index contributed by atoms with van der Waals surface area (Å²) in [7, 11) is 1.69. The van der Waals surface area contributed by atoms with Crippen LogP contribution >= 0.6 is 11.3 Å². The molecule has 0 spiro atoms. The molecule has 4 N–H and O–H groups in total. The monoisotopic (exact) mass is 421 g/mol. The lowest BCUT2D eigenvalue weighted by Crippen LogP contribution is -2.20. The van der Waals surface area contributed by atoms with Crippen LogP contribution in [0.4, 0.5) is 16.6 Å². The van der Waals surface area contributed by atoms with Gasteiger partial charge in [0.25, 0.3) is 0 Å². The fraction of sp³-hybridized carbons (Fsp3) is 0.286. The predicted octanol–water partition coefficient (Wildman–Crippen LogP) is 3.75. The zero-order chi connectivity index (χ0) is 20.3. The van der Waals surface area contributed by atoms with E-state index in [-0.39, 0.29) is 0 Å². The number of nitrogens with one attached hydrogen (secondary N) is 4. The molecule has 1 aliphatic rings. The Morgan fingerprint density at radius 1 is 1.23 bits per heavy atom. The van der Waals surface area contributed by atoms with Crippen LogP contribution in [0.1, 0.15) is 12.1 Å². The number of nitrogens with zero attached hydrogens (tertiary/aromatic N) is 3. The number of rotatable bonds is 7. The Hall–Kier alpha value is -3.01. The first-order chi connectivity index (χ1) is 14.8. The first-order valence-electron chi connectivity index (χ1n) is 9.94. The number of methoxy groups -OCH3 is 1. The molecule has 8 nitrogen and oxygen atoms in total. The minimum absolute atomic E-state index is 0.651. The Kier molecular flexibility index (Phi) is 5.31. The molecule has 4 aromatic rings. The Labute approximate surface area is 177 Å². The Morgan fingerprint density at radius 2 is 2.20 bits per heavy atom. The van der Waals surface area contributed by atoms with Crippen LogP contribution in [0.5, 0.6) is 0 Å². The summed E-state index contributed by atoms with van der Waals surface area (Å²) in [5, 5.41) is 12.0. The van der Waals surface area contributed by atoms with Crippen LogP contribution in [0, 0.1) is 0 Å². The van der Waals surface area contributed by atoms with E-state index in [1.807, 2.05) is 12.1 Å². The molecule has 3 aromatic heterocycles. The van der Waals surface area contributed by atoms with Gasteiger partial charge in [-0.05, 0) is 42.8 Å². The minimum Gasteiger partial charge on any atom is -0.383 e. The zero-order valence-corrected chi connectivity index (χ0v) is 17.5. The third kappa shape index (κ3) is 3.87. The SMILES string of the molecule is COCCNc1nc2ccc(Nc3ncnc4[nH]c(C5=CCNCC5)cc34)cc2s1. The standard InChI is InChI=1S/C21H23N7OS/c1-29-9-8-23-21-28-16-3-2-14(10-18(16)30-21)26-19-15-11-17(13-4-6-22-7-5-13)27-20(15)25-12-24-19/h2-4,10-12,22H,5-9H2,1H3,(H,23,28)(H2,24,25,26,27). The summed E-state index contributed by atoms with van der Waals surface area (Å²) in [5.74, 6) is 0.791. The van der Waals surface area contributed by atoms with Crippen molar-refractivity contribution in [3.63, 3.8) is 0 Å². The van der Waals surface area contributed by atoms with E-state index in [9.17, 15) is 0 Å². The Bertz CT molecular complexity index is 1210. The van der Waals surface area contributed by atoms with Gasteiger partial charge < -0.3 is 25.7 Å². The summed E-state index contributed by atoms with van der Waals surface area (Å²) in [6, 6.07) is 8.29. The highest BCUT2D eigenvalue weighted by atomic mass is 32.1. The first-order valence-corrected chi connectivity index (χ1v) is 10.8. The molecule has 0 aliphatic carbocycles. The normalized spacial score (nSPS) is 14.2. The van der Waals surface area contributed by atoms with E-state index in [2.05, 4.69) is 54.1 Å². The van der Waals surface area contributed by atoms with Crippen molar-refractivity contribution in [2.24, 2.45) is 0 Å². The third-order valence-electron chi connectivity index (χ3n) is 5.07. The molecule has 1 aliphatic heterocycles. The third-order valence-corrected chi connectivity index (χ3v) is 6.04. The molecular weight excluding hydrogens is 398 g/mol. The molecule has 0 saturated carbocycles. The van der Waals surface area contributed by atoms with Gasteiger partial charge in [0, 0.05) is 31.6 Å².